The molecular formula is C11H11ClN2OS. The number of halogens is 1. The maximum Gasteiger partial charge on any atom is 0.131 e. The molecule has 3 rings (SSSR count). The maximum atomic E-state index is 6.04. The van der Waals surface area contributed by atoms with Crippen LogP contribution in [-0.4, -0.2) is 31.3 Å². The van der Waals surface area contributed by atoms with E-state index < -0.39 is 0 Å². The Bertz CT molecular complexity index is 508. The minimum atomic E-state index is 0.562. The van der Waals surface area contributed by atoms with Gasteiger partial charge in [-0.25, -0.2) is 4.98 Å². The number of rotatable bonds is 1. The molecule has 0 unspecified atom stereocenters. The van der Waals surface area contributed by atoms with Crippen LogP contribution in [0.3, 0.4) is 0 Å². The number of morpholine rings is 1. The van der Waals surface area contributed by atoms with E-state index in [0.717, 1.165) is 31.8 Å². The number of nitrogens with zero attached hydrogens (tertiary/aromatic N) is 2. The first-order valence-corrected chi connectivity index (χ1v) is 6.47. The molecule has 3 heterocycles. The quantitative estimate of drug-likeness (QED) is 0.732. The Balaban J connectivity index is 2.09. The fraction of sp³-hybridized carbons (Fsp3) is 0.364. The molecule has 2 aromatic heterocycles. The van der Waals surface area contributed by atoms with Crippen LogP contribution in [0.5, 0.6) is 0 Å². The molecule has 1 fully saturated rings. The summed E-state index contributed by atoms with van der Waals surface area (Å²) in [4.78, 5) is 6.62. The van der Waals surface area contributed by atoms with E-state index in [1.807, 2.05) is 12.1 Å². The number of hydrogen-bond donors (Lipinski definition) is 0. The second kappa shape index (κ2) is 4.20. The van der Waals surface area contributed by atoms with Crippen LogP contribution in [0.15, 0.2) is 17.5 Å². The molecular weight excluding hydrogens is 244 g/mol. The molecule has 1 aliphatic rings. The van der Waals surface area contributed by atoms with E-state index in [9.17, 15) is 0 Å². The van der Waals surface area contributed by atoms with Crippen molar-refractivity contribution in [2.24, 2.45) is 0 Å². The summed E-state index contributed by atoms with van der Waals surface area (Å²) in [6.45, 7) is 3.42. The van der Waals surface area contributed by atoms with Crippen molar-refractivity contribution in [2.45, 2.75) is 0 Å². The van der Waals surface area contributed by atoms with E-state index in [4.69, 9.17) is 16.3 Å². The normalized spacial score (nSPS) is 16.9. The van der Waals surface area contributed by atoms with E-state index >= 15 is 0 Å². The SMILES string of the molecule is Clc1cc(N2CCOCC2)c2sccc2n1. The third-order valence-electron chi connectivity index (χ3n) is 2.71. The highest BCUT2D eigenvalue weighted by atomic mass is 35.5. The van der Waals surface area contributed by atoms with Gasteiger partial charge in [0.1, 0.15) is 5.15 Å². The highest BCUT2D eigenvalue weighted by Crippen LogP contribution is 2.32. The molecule has 2 aromatic rings. The van der Waals surface area contributed by atoms with Gasteiger partial charge in [-0.05, 0) is 11.4 Å². The Morgan fingerprint density at radius 3 is 3.00 bits per heavy atom. The first kappa shape index (κ1) is 10.3. The summed E-state index contributed by atoms with van der Waals surface area (Å²) in [5.74, 6) is 0. The zero-order valence-corrected chi connectivity index (χ0v) is 10.2. The van der Waals surface area contributed by atoms with Crippen molar-refractivity contribution < 1.29 is 4.74 Å². The summed E-state index contributed by atoms with van der Waals surface area (Å²) in [6.07, 6.45) is 0. The first-order chi connectivity index (χ1) is 7.84. The van der Waals surface area contributed by atoms with Crippen LogP contribution in [0.25, 0.3) is 10.2 Å². The van der Waals surface area contributed by atoms with Crippen molar-refractivity contribution in [3.8, 4) is 0 Å². The van der Waals surface area contributed by atoms with E-state index in [1.165, 1.54) is 10.4 Å². The molecule has 0 N–H and O–H groups in total. The summed E-state index contributed by atoms with van der Waals surface area (Å²) < 4.78 is 6.57. The molecule has 1 aliphatic heterocycles. The molecule has 16 heavy (non-hydrogen) atoms. The second-order valence-corrected chi connectivity index (χ2v) is 5.00. The molecule has 5 heteroatoms. The highest BCUT2D eigenvalue weighted by molar-refractivity contribution is 7.17. The van der Waals surface area contributed by atoms with E-state index in [2.05, 4.69) is 15.3 Å². The highest BCUT2D eigenvalue weighted by Gasteiger charge is 2.15. The third kappa shape index (κ3) is 1.77. The summed E-state index contributed by atoms with van der Waals surface area (Å²) in [6, 6.07) is 3.96. The Kier molecular flexibility index (Phi) is 2.71. The van der Waals surface area contributed by atoms with Gasteiger partial charge >= 0.3 is 0 Å². The number of anilines is 1. The molecule has 0 atom stereocenters. The monoisotopic (exact) mass is 254 g/mol. The Morgan fingerprint density at radius 1 is 1.38 bits per heavy atom. The van der Waals surface area contributed by atoms with E-state index in [0.29, 0.717) is 5.15 Å². The third-order valence-corrected chi connectivity index (χ3v) is 3.83. The molecule has 1 saturated heterocycles. The number of ether oxygens (including phenoxy) is 1. The average molecular weight is 255 g/mol. The topological polar surface area (TPSA) is 25.4 Å². The fourth-order valence-corrected chi connectivity index (χ4v) is 3.02. The number of aromatic nitrogens is 1. The molecule has 0 amide bonds. The van der Waals surface area contributed by atoms with E-state index in [-0.39, 0.29) is 0 Å². The van der Waals surface area contributed by atoms with Crippen molar-refractivity contribution in [3.63, 3.8) is 0 Å². The van der Waals surface area contributed by atoms with Gasteiger partial charge in [-0.1, -0.05) is 11.6 Å². The first-order valence-electron chi connectivity index (χ1n) is 5.21. The van der Waals surface area contributed by atoms with Gasteiger partial charge in [0.25, 0.3) is 0 Å². The van der Waals surface area contributed by atoms with Crippen LogP contribution in [0.4, 0.5) is 5.69 Å². The average Bonchev–Trinajstić information content (AvgIpc) is 2.77. The maximum absolute atomic E-state index is 6.04. The standard InChI is InChI=1S/C11H11ClN2OS/c12-10-7-9(14-2-4-15-5-3-14)11-8(13-10)1-6-16-11/h1,6-7H,2-5H2. The summed E-state index contributed by atoms with van der Waals surface area (Å²) >= 11 is 7.75. The van der Waals surface area contributed by atoms with Crippen molar-refractivity contribution >= 4 is 38.8 Å². The van der Waals surface area contributed by atoms with Gasteiger partial charge in [-0.2, -0.15) is 0 Å². The van der Waals surface area contributed by atoms with Crippen molar-refractivity contribution in [1.82, 2.24) is 4.98 Å². The molecule has 0 bridgehead atoms. The largest absolute Gasteiger partial charge is 0.378 e. The van der Waals surface area contributed by atoms with E-state index in [1.54, 1.807) is 11.3 Å². The van der Waals surface area contributed by atoms with Crippen LogP contribution in [0.2, 0.25) is 5.15 Å². The van der Waals surface area contributed by atoms with Gasteiger partial charge in [0.05, 0.1) is 29.1 Å². The van der Waals surface area contributed by atoms with Gasteiger partial charge < -0.3 is 9.64 Å². The number of hydrogen-bond acceptors (Lipinski definition) is 4. The Morgan fingerprint density at radius 2 is 2.19 bits per heavy atom. The van der Waals surface area contributed by atoms with Gasteiger partial charge in [0, 0.05) is 19.2 Å². The van der Waals surface area contributed by atoms with Crippen LogP contribution >= 0.6 is 22.9 Å². The lowest BCUT2D eigenvalue weighted by Gasteiger charge is -2.29. The van der Waals surface area contributed by atoms with Crippen LogP contribution < -0.4 is 4.90 Å². The smallest absolute Gasteiger partial charge is 0.131 e. The van der Waals surface area contributed by atoms with Gasteiger partial charge in [0.15, 0.2) is 0 Å². The zero-order chi connectivity index (χ0) is 11.0. The molecule has 0 aromatic carbocycles. The Labute approximate surface area is 103 Å². The van der Waals surface area contributed by atoms with Gasteiger partial charge in [-0.3, -0.25) is 0 Å². The number of thiophene rings is 1. The summed E-state index contributed by atoms with van der Waals surface area (Å²) in [5.41, 5.74) is 2.17. The minimum absolute atomic E-state index is 0.562. The summed E-state index contributed by atoms with van der Waals surface area (Å²) in [7, 11) is 0. The van der Waals surface area contributed by atoms with Crippen molar-refractivity contribution in [3.05, 3.63) is 22.7 Å². The fourth-order valence-electron chi connectivity index (χ4n) is 1.95. The predicted molar refractivity (Wildman–Crippen MR) is 67.7 cm³/mol. The zero-order valence-electron chi connectivity index (χ0n) is 8.65. The number of fused-ring (bicyclic) bond motifs is 1. The second-order valence-electron chi connectivity index (χ2n) is 3.70. The van der Waals surface area contributed by atoms with Gasteiger partial charge in [0.2, 0.25) is 0 Å². The van der Waals surface area contributed by atoms with Crippen molar-refractivity contribution in [1.29, 1.82) is 0 Å². The van der Waals surface area contributed by atoms with Crippen LogP contribution in [-0.2, 0) is 4.74 Å². The Hall–Kier alpha value is -0.840. The van der Waals surface area contributed by atoms with Crippen molar-refractivity contribution in [2.75, 3.05) is 31.2 Å². The summed E-state index contributed by atoms with van der Waals surface area (Å²) in [5, 5.41) is 2.62. The lowest BCUT2D eigenvalue weighted by molar-refractivity contribution is 0.123. The molecule has 3 nitrogen and oxygen atoms in total. The molecule has 84 valence electrons. The van der Waals surface area contributed by atoms with Crippen LogP contribution in [0, 0.1) is 0 Å². The minimum Gasteiger partial charge on any atom is -0.378 e. The van der Waals surface area contributed by atoms with Crippen LogP contribution in [0.1, 0.15) is 0 Å². The lowest BCUT2D eigenvalue weighted by Crippen LogP contribution is -2.36. The molecule has 0 aliphatic carbocycles. The molecule has 0 radical (unpaired) electrons. The number of pyridine rings is 1. The predicted octanol–water partition coefficient (Wildman–Crippen LogP) is 2.79. The molecule has 0 saturated carbocycles. The molecule has 0 spiro atoms. The lowest BCUT2D eigenvalue weighted by atomic mass is 10.3. The van der Waals surface area contributed by atoms with Gasteiger partial charge in [-0.15, -0.1) is 11.3 Å².